The highest BCUT2D eigenvalue weighted by atomic mass is 16.4. The molecule has 5 heteroatoms. The molecule has 1 rings (SSSR count). The van der Waals surface area contributed by atoms with Gasteiger partial charge in [-0.25, -0.2) is 0 Å². The van der Waals surface area contributed by atoms with Gasteiger partial charge in [-0.05, 0) is 38.9 Å². The molecule has 0 radical (unpaired) electrons. The Morgan fingerprint density at radius 1 is 1.26 bits per heavy atom. The smallest absolute Gasteiger partial charge is 0.307 e. The highest BCUT2D eigenvalue weighted by molar-refractivity contribution is 5.84. The van der Waals surface area contributed by atoms with Crippen molar-refractivity contribution in [2.75, 3.05) is 33.7 Å². The fraction of sp³-hybridized carbons (Fsp3) is 0.857. The lowest BCUT2D eigenvalue weighted by Crippen LogP contribution is -2.41. The summed E-state index contributed by atoms with van der Waals surface area (Å²) in [4.78, 5) is 27.1. The van der Waals surface area contributed by atoms with Crippen molar-refractivity contribution in [2.24, 2.45) is 17.8 Å². The number of nitrogens with zero attached hydrogens (tertiary/aromatic N) is 2. The Balaban J connectivity index is 2.46. The zero-order valence-electron chi connectivity index (χ0n) is 12.4. The fourth-order valence-corrected chi connectivity index (χ4v) is 2.50. The van der Waals surface area contributed by atoms with Gasteiger partial charge in [0.05, 0.1) is 5.92 Å². The van der Waals surface area contributed by atoms with E-state index in [0.717, 1.165) is 32.5 Å². The third-order valence-corrected chi connectivity index (χ3v) is 4.28. The van der Waals surface area contributed by atoms with Crippen LogP contribution < -0.4 is 0 Å². The molecule has 0 aromatic rings. The Bertz CT molecular complexity index is 325. The van der Waals surface area contributed by atoms with Crippen molar-refractivity contribution in [1.82, 2.24) is 9.80 Å². The molecule has 110 valence electrons. The van der Waals surface area contributed by atoms with Crippen molar-refractivity contribution < 1.29 is 14.7 Å². The highest BCUT2D eigenvalue weighted by Crippen LogP contribution is 2.19. The van der Waals surface area contributed by atoms with E-state index in [-0.39, 0.29) is 5.91 Å². The van der Waals surface area contributed by atoms with Crippen LogP contribution in [0.5, 0.6) is 0 Å². The Morgan fingerprint density at radius 2 is 1.79 bits per heavy atom. The maximum Gasteiger partial charge on any atom is 0.307 e. The van der Waals surface area contributed by atoms with Gasteiger partial charge in [0.2, 0.25) is 5.91 Å². The molecule has 0 spiro atoms. The zero-order chi connectivity index (χ0) is 14.6. The summed E-state index contributed by atoms with van der Waals surface area (Å²) in [6.45, 7) is 6.19. The molecule has 2 atom stereocenters. The van der Waals surface area contributed by atoms with E-state index in [1.54, 1.807) is 25.8 Å². The molecule has 2 unspecified atom stereocenters. The maximum absolute atomic E-state index is 12.2. The summed E-state index contributed by atoms with van der Waals surface area (Å²) >= 11 is 0. The minimum absolute atomic E-state index is 0.0613. The van der Waals surface area contributed by atoms with Gasteiger partial charge in [0.25, 0.3) is 0 Å². The number of carboxylic acids is 1. The van der Waals surface area contributed by atoms with Gasteiger partial charge < -0.3 is 14.9 Å². The zero-order valence-corrected chi connectivity index (χ0v) is 12.4. The number of aliphatic carboxylic acids is 1. The van der Waals surface area contributed by atoms with Crippen molar-refractivity contribution in [3.05, 3.63) is 0 Å². The van der Waals surface area contributed by atoms with Gasteiger partial charge >= 0.3 is 5.97 Å². The van der Waals surface area contributed by atoms with E-state index >= 15 is 0 Å². The van der Waals surface area contributed by atoms with Crippen LogP contribution in [-0.4, -0.2) is 60.5 Å². The number of piperidine rings is 1. The lowest BCUT2D eigenvalue weighted by Gasteiger charge is -2.32. The molecule has 0 aromatic carbocycles. The predicted octanol–water partition coefficient (Wildman–Crippen LogP) is 1.14. The van der Waals surface area contributed by atoms with E-state index in [9.17, 15) is 9.59 Å². The molecule has 5 nitrogen and oxygen atoms in total. The summed E-state index contributed by atoms with van der Waals surface area (Å²) in [5.41, 5.74) is 0. The second kappa shape index (κ2) is 6.89. The normalized spacial score (nSPS) is 20.8. The summed E-state index contributed by atoms with van der Waals surface area (Å²) in [6.07, 6.45) is 2.22. The SMILES string of the molecule is CC(C(=O)O)C(C)C(=O)N(C)CC1CCN(C)CC1. The van der Waals surface area contributed by atoms with Gasteiger partial charge in [-0.2, -0.15) is 0 Å². The quantitative estimate of drug-likeness (QED) is 0.814. The van der Waals surface area contributed by atoms with Crippen LogP contribution in [-0.2, 0) is 9.59 Å². The topological polar surface area (TPSA) is 60.9 Å². The molecular weight excluding hydrogens is 244 g/mol. The Kier molecular flexibility index (Phi) is 5.79. The first-order chi connectivity index (χ1) is 8.82. The second-order valence-corrected chi connectivity index (χ2v) is 5.88. The van der Waals surface area contributed by atoms with Crippen molar-refractivity contribution in [2.45, 2.75) is 26.7 Å². The number of hydrogen-bond acceptors (Lipinski definition) is 3. The predicted molar refractivity (Wildman–Crippen MR) is 73.8 cm³/mol. The molecule has 1 N–H and O–H groups in total. The van der Waals surface area contributed by atoms with Gasteiger partial charge in [-0.3, -0.25) is 9.59 Å². The number of hydrogen-bond donors (Lipinski definition) is 1. The first-order valence-corrected chi connectivity index (χ1v) is 6.99. The minimum atomic E-state index is -0.909. The summed E-state index contributed by atoms with van der Waals surface area (Å²) in [5, 5.41) is 8.96. The van der Waals surface area contributed by atoms with Crippen LogP contribution in [0.3, 0.4) is 0 Å². The molecule has 1 saturated heterocycles. The first-order valence-electron chi connectivity index (χ1n) is 6.99. The molecular formula is C14H26N2O3. The van der Waals surface area contributed by atoms with E-state index in [4.69, 9.17) is 5.11 Å². The van der Waals surface area contributed by atoms with Gasteiger partial charge in [0, 0.05) is 19.5 Å². The first kappa shape index (κ1) is 16.0. The lowest BCUT2D eigenvalue weighted by molar-refractivity contribution is -0.148. The fourth-order valence-electron chi connectivity index (χ4n) is 2.50. The minimum Gasteiger partial charge on any atom is -0.481 e. The molecule has 0 aliphatic carbocycles. The van der Waals surface area contributed by atoms with Crippen LogP contribution in [0.2, 0.25) is 0 Å². The van der Waals surface area contributed by atoms with Gasteiger partial charge in [-0.15, -0.1) is 0 Å². The van der Waals surface area contributed by atoms with E-state index in [1.807, 2.05) is 0 Å². The van der Waals surface area contributed by atoms with E-state index in [2.05, 4.69) is 11.9 Å². The van der Waals surface area contributed by atoms with Crippen molar-refractivity contribution in [3.8, 4) is 0 Å². The monoisotopic (exact) mass is 270 g/mol. The van der Waals surface area contributed by atoms with E-state index in [0.29, 0.717) is 5.92 Å². The average Bonchev–Trinajstić information content (AvgIpc) is 2.38. The van der Waals surface area contributed by atoms with Crippen molar-refractivity contribution in [1.29, 1.82) is 0 Å². The largest absolute Gasteiger partial charge is 0.481 e. The van der Waals surface area contributed by atoms with Crippen LogP contribution in [0.15, 0.2) is 0 Å². The van der Waals surface area contributed by atoms with Gasteiger partial charge in [-0.1, -0.05) is 13.8 Å². The lowest BCUT2D eigenvalue weighted by atomic mass is 9.93. The third kappa shape index (κ3) is 4.49. The van der Waals surface area contributed by atoms with E-state index < -0.39 is 17.8 Å². The molecule has 0 aromatic heterocycles. The maximum atomic E-state index is 12.2. The number of amides is 1. The molecule has 0 saturated carbocycles. The summed E-state index contributed by atoms with van der Waals surface area (Å²) in [5.74, 6) is -1.53. The number of likely N-dealkylation sites (tertiary alicyclic amines) is 1. The second-order valence-electron chi connectivity index (χ2n) is 5.88. The van der Waals surface area contributed by atoms with Crippen LogP contribution in [0.25, 0.3) is 0 Å². The molecule has 1 amide bonds. The van der Waals surface area contributed by atoms with Gasteiger partial charge in [0.1, 0.15) is 0 Å². The number of rotatable bonds is 5. The molecule has 1 aliphatic rings. The summed E-state index contributed by atoms with van der Waals surface area (Å²) in [6, 6.07) is 0. The molecule has 1 fully saturated rings. The summed E-state index contributed by atoms with van der Waals surface area (Å²) < 4.78 is 0. The Labute approximate surface area is 115 Å². The highest BCUT2D eigenvalue weighted by Gasteiger charge is 2.29. The van der Waals surface area contributed by atoms with Crippen LogP contribution >= 0.6 is 0 Å². The Hall–Kier alpha value is -1.10. The molecule has 1 aliphatic heterocycles. The van der Waals surface area contributed by atoms with E-state index in [1.165, 1.54) is 0 Å². The Morgan fingerprint density at radius 3 is 2.26 bits per heavy atom. The number of carbonyl (C=O) groups excluding carboxylic acids is 1. The average molecular weight is 270 g/mol. The number of carboxylic acid groups (broad SMARTS) is 1. The molecule has 1 heterocycles. The van der Waals surface area contributed by atoms with Crippen LogP contribution in [0, 0.1) is 17.8 Å². The number of carbonyl (C=O) groups is 2. The standard InChI is InChI=1S/C14H26N2O3/c1-10(11(2)14(18)19)13(17)16(4)9-12-5-7-15(3)8-6-12/h10-12H,5-9H2,1-4H3,(H,18,19). The van der Waals surface area contributed by atoms with Gasteiger partial charge in [0.15, 0.2) is 0 Å². The van der Waals surface area contributed by atoms with Crippen LogP contribution in [0.1, 0.15) is 26.7 Å². The van der Waals surface area contributed by atoms with Crippen LogP contribution in [0.4, 0.5) is 0 Å². The summed E-state index contributed by atoms with van der Waals surface area (Å²) in [7, 11) is 3.90. The third-order valence-electron chi connectivity index (χ3n) is 4.28. The molecule has 19 heavy (non-hydrogen) atoms. The van der Waals surface area contributed by atoms with Crippen molar-refractivity contribution in [3.63, 3.8) is 0 Å². The molecule has 0 bridgehead atoms. The van der Waals surface area contributed by atoms with Crippen molar-refractivity contribution >= 4 is 11.9 Å².